The smallest absolute Gasteiger partial charge is 0.0721 e. The molecule has 0 aromatic rings. The molecule has 1 aliphatic carbocycles. The van der Waals surface area contributed by atoms with Crippen molar-refractivity contribution in [1.29, 1.82) is 0 Å². The lowest BCUT2D eigenvalue weighted by atomic mass is 9.74. The van der Waals surface area contributed by atoms with Crippen LogP contribution in [0, 0.1) is 23.7 Å². The van der Waals surface area contributed by atoms with Gasteiger partial charge in [-0.1, -0.05) is 39.8 Å². The molecule has 0 aromatic carbocycles. The number of aliphatic hydroxyl groups is 1. The van der Waals surface area contributed by atoms with E-state index in [2.05, 4.69) is 33.8 Å². The van der Waals surface area contributed by atoms with Crippen LogP contribution in [0.1, 0.15) is 47.0 Å². The fraction of sp³-hybridized carbons (Fsp3) is 0.857. The van der Waals surface area contributed by atoms with Crippen LogP contribution in [-0.4, -0.2) is 11.2 Å². The fourth-order valence-corrected chi connectivity index (χ4v) is 2.67. The summed E-state index contributed by atoms with van der Waals surface area (Å²) in [6.07, 6.45) is 7.47. The number of hydrogen-bond donors (Lipinski definition) is 1. The molecule has 15 heavy (non-hydrogen) atoms. The second-order valence-corrected chi connectivity index (χ2v) is 5.73. The van der Waals surface area contributed by atoms with Gasteiger partial charge < -0.3 is 5.11 Å². The van der Waals surface area contributed by atoms with Crippen LogP contribution in [0.5, 0.6) is 0 Å². The Labute approximate surface area is 94.6 Å². The third-order valence-electron chi connectivity index (χ3n) is 3.53. The highest BCUT2D eigenvalue weighted by Crippen LogP contribution is 2.34. The molecule has 0 radical (unpaired) electrons. The van der Waals surface area contributed by atoms with Crippen molar-refractivity contribution in [3.8, 4) is 0 Å². The zero-order valence-electron chi connectivity index (χ0n) is 10.6. The highest BCUT2D eigenvalue weighted by molar-refractivity contribution is 5.00. The summed E-state index contributed by atoms with van der Waals surface area (Å²) in [5, 5.41) is 9.44. The largest absolute Gasteiger partial charge is 0.389 e. The van der Waals surface area contributed by atoms with Gasteiger partial charge in [-0.15, -0.1) is 0 Å². The molecule has 0 aromatic heterocycles. The average Bonchev–Trinajstić information content (AvgIpc) is 2.15. The normalized spacial score (nSPS) is 28.7. The molecule has 3 unspecified atom stereocenters. The molecule has 0 saturated carbocycles. The zero-order chi connectivity index (χ0) is 11.4. The SMILES string of the molecule is CC(C)CC(C(C)C)C1C=CC(O)CC1. The van der Waals surface area contributed by atoms with Gasteiger partial charge in [-0.2, -0.15) is 0 Å². The van der Waals surface area contributed by atoms with E-state index in [-0.39, 0.29) is 6.10 Å². The van der Waals surface area contributed by atoms with Gasteiger partial charge in [0.15, 0.2) is 0 Å². The maximum Gasteiger partial charge on any atom is 0.0721 e. The molecular formula is C14H26O. The highest BCUT2D eigenvalue weighted by atomic mass is 16.3. The summed E-state index contributed by atoms with van der Waals surface area (Å²) in [4.78, 5) is 0. The van der Waals surface area contributed by atoms with Crippen LogP contribution < -0.4 is 0 Å². The zero-order valence-corrected chi connectivity index (χ0v) is 10.6. The van der Waals surface area contributed by atoms with Crippen LogP contribution in [0.2, 0.25) is 0 Å². The van der Waals surface area contributed by atoms with Gasteiger partial charge >= 0.3 is 0 Å². The third-order valence-corrected chi connectivity index (χ3v) is 3.53. The minimum Gasteiger partial charge on any atom is -0.389 e. The molecular weight excluding hydrogens is 184 g/mol. The maximum atomic E-state index is 9.44. The van der Waals surface area contributed by atoms with Gasteiger partial charge in [-0.3, -0.25) is 0 Å². The van der Waals surface area contributed by atoms with Gasteiger partial charge in [-0.05, 0) is 42.9 Å². The number of hydrogen-bond acceptors (Lipinski definition) is 1. The standard InChI is InChI=1S/C14H26O/c1-10(2)9-14(11(3)4)12-5-7-13(15)8-6-12/h5,7,10-15H,6,8-9H2,1-4H3. The maximum absolute atomic E-state index is 9.44. The first-order chi connectivity index (χ1) is 7.00. The van der Waals surface area contributed by atoms with Crippen LogP contribution in [-0.2, 0) is 0 Å². The van der Waals surface area contributed by atoms with E-state index in [1.165, 1.54) is 6.42 Å². The van der Waals surface area contributed by atoms with Crippen LogP contribution in [0.3, 0.4) is 0 Å². The van der Waals surface area contributed by atoms with E-state index in [9.17, 15) is 5.11 Å². The predicted octanol–water partition coefficient (Wildman–Crippen LogP) is 3.63. The lowest BCUT2D eigenvalue weighted by Gasteiger charge is -2.32. The van der Waals surface area contributed by atoms with Crippen molar-refractivity contribution < 1.29 is 5.11 Å². The molecule has 1 rings (SSSR count). The first-order valence-electron chi connectivity index (χ1n) is 6.37. The second-order valence-electron chi connectivity index (χ2n) is 5.73. The molecule has 88 valence electrons. The van der Waals surface area contributed by atoms with E-state index in [0.717, 1.165) is 30.6 Å². The minimum atomic E-state index is -0.187. The molecule has 3 atom stereocenters. The molecule has 0 saturated heterocycles. The Morgan fingerprint density at radius 1 is 1.13 bits per heavy atom. The third kappa shape index (κ3) is 3.98. The van der Waals surface area contributed by atoms with Crippen molar-refractivity contribution in [2.24, 2.45) is 23.7 Å². The molecule has 0 aliphatic heterocycles. The van der Waals surface area contributed by atoms with E-state index in [4.69, 9.17) is 0 Å². The summed E-state index contributed by atoms with van der Waals surface area (Å²) in [5.74, 6) is 3.00. The molecule has 0 fully saturated rings. The highest BCUT2D eigenvalue weighted by Gasteiger charge is 2.25. The van der Waals surface area contributed by atoms with Crippen molar-refractivity contribution in [3.63, 3.8) is 0 Å². The summed E-state index contributed by atoms with van der Waals surface area (Å²) in [6.45, 7) is 9.26. The summed E-state index contributed by atoms with van der Waals surface area (Å²) in [7, 11) is 0. The number of allylic oxidation sites excluding steroid dienone is 1. The molecule has 0 amide bonds. The van der Waals surface area contributed by atoms with Crippen LogP contribution in [0.15, 0.2) is 12.2 Å². The van der Waals surface area contributed by atoms with Gasteiger partial charge in [0.05, 0.1) is 6.10 Å². The number of rotatable bonds is 4. The predicted molar refractivity (Wildman–Crippen MR) is 65.7 cm³/mol. The first-order valence-corrected chi connectivity index (χ1v) is 6.37. The van der Waals surface area contributed by atoms with Crippen LogP contribution >= 0.6 is 0 Å². The van der Waals surface area contributed by atoms with Gasteiger partial charge in [-0.25, -0.2) is 0 Å². The summed E-state index contributed by atoms with van der Waals surface area (Å²) in [5.41, 5.74) is 0. The Hall–Kier alpha value is -0.300. The van der Waals surface area contributed by atoms with Gasteiger partial charge in [0.1, 0.15) is 0 Å². The Balaban J connectivity index is 2.60. The Bertz CT molecular complexity index is 205. The topological polar surface area (TPSA) is 20.2 Å². The van der Waals surface area contributed by atoms with E-state index in [1.54, 1.807) is 0 Å². The quantitative estimate of drug-likeness (QED) is 0.702. The molecule has 0 heterocycles. The van der Waals surface area contributed by atoms with Crippen molar-refractivity contribution in [2.75, 3.05) is 0 Å². The van der Waals surface area contributed by atoms with Crippen molar-refractivity contribution >= 4 is 0 Å². The molecule has 0 bridgehead atoms. The van der Waals surface area contributed by atoms with Crippen LogP contribution in [0.25, 0.3) is 0 Å². The van der Waals surface area contributed by atoms with E-state index in [0.29, 0.717) is 5.92 Å². The summed E-state index contributed by atoms with van der Waals surface area (Å²) in [6, 6.07) is 0. The van der Waals surface area contributed by atoms with Crippen LogP contribution in [0.4, 0.5) is 0 Å². The Morgan fingerprint density at radius 3 is 2.20 bits per heavy atom. The first kappa shape index (κ1) is 12.8. The Morgan fingerprint density at radius 2 is 1.80 bits per heavy atom. The molecule has 1 aliphatic rings. The van der Waals surface area contributed by atoms with Crippen molar-refractivity contribution in [2.45, 2.75) is 53.1 Å². The molecule has 1 heteroatoms. The molecule has 0 spiro atoms. The van der Waals surface area contributed by atoms with Gasteiger partial charge in [0, 0.05) is 0 Å². The van der Waals surface area contributed by atoms with Gasteiger partial charge in [0.2, 0.25) is 0 Å². The van der Waals surface area contributed by atoms with E-state index in [1.807, 2.05) is 6.08 Å². The van der Waals surface area contributed by atoms with E-state index >= 15 is 0 Å². The monoisotopic (exact) mass is 210 g/mol. The summed E-state index contributed by atoms with van der Waals surface area (Å²) >= 11 is 0. The van der Waals surface area contributed by atoms with E-state index < -0.39 is 0 Å². The van der Waals surface area contributed by atoms with Gasteiger partial charge in [0.25, 0.3) is 0 Å². The lowest BCUT2D eigenvalue weighted by molar-refractivity contribution is 0.164. The minimum absolute atomic E-state index is 0.187. The van der Waals surface area contributed by atoms with Crippen molar-refractivity contribution in [3.05, 3.63) is 12.2 Å². The average molecular weight is 210 g/mol. The summed E-state index contributed by atoms with van der Waals surface area (Å²) < 4.78 is 0. The lowest BCUT2D eigenvalue weighted by Crippen LogP contribution is -2.24. The number of aliphatic hydroxyl groups excluding tert-OH is 1. The molecule has 1 nitrogen and oxygen atoms in total. The second kappa shape index (κ2) is 5.69. The Kier molecular flexibility index (Phi) is 4.85. The molecule has 1 N–H and O–H groups in total. The fourth-order valence-electron chi connectivity index (χ4n) is 2.67. The van der Waals surface area contributed by atoms with Crippen molar-refractivity contribution in [1.82, 2.24) is 0 Å².